The molecule has 2 aromatic carbocycles. The van der Waals surface area contributed by atoms with Gasteiger partial charge in [-0.1, -0.05) is 30.3 Å². The second-order valence-electron chi connectivity index (χ2n) is 8.73. The molecule has 6 nitrogen and oxygen atoms in total. The lowest BCUT2D eigenvalue weighted by Crippen LogP contribution is -2.37. The van der Waals surface area contributed by atoms with Crippen LogP contribution in [0.5, 0.6) is 0 Å². The second kappa shape index (κ2) is 11.1. The van der Waals surface area contributed by atoms with Gasteiger partial charge in [-0.2, -0.15) is 0 Å². The van der Waals surface area contributed by atoms with Crippen LogP contribution in [0, 0.1) is 18.7 Å². The lowest BCUT2D eigenvalue weighted by molar-refractivity contribution is -0.148. The number of pyridine rings is 1. The van der Waals surface area contributed by atoms with Crippen LogP contribution in [0.1, 0.15) is 41.3 Å². The standard InChI is InChI=1S/C28H30FN3O3/c1-3-35-28(34)21-12-14-32(15-13-21)26-11-10-22(18-30-26)27(33)31-17-20-9-8-19(2)24(16-20)23-6-4-5-7-25(23)29/h4-11,16,18,21H,3,12-15,17H2,1-2H3,(H,31,33). The molecule has 3 aromatic rings. The average molecular weight is 476 g/mol. The Morgan fingerprint density at radius 2 is 1.86 bits per heavy atom. The van der Waals surface area contributed by atoms with Crippen molar-refractivity contribution in [3.8, 4) is 11.1 Å². The van der Waals surface area contributed by atoms with Gasteiger partial charge in [0.1, 0.15) is 11.6 Å². The summed E-state index contributed by atoms with van der Waals surface area (Å²) in [4.78, 5) is 31.2. The fourth-order valence-corrected chi connectivity index (χ4v) is 4.35. The molecule has 4 rings (SSSR count). The molecular weight excluding hydrogens is 445 g/mol. The third kappa shape index (κ3) is 5.85. The highest BCUT2D eigenvalue weighted by Crippen LogP contribution is 2.27. The molecule has 1 amide bonds. The Bertz CT molecular complexity index is 1190. The zero-order valence-electron chi connectivity index (χ0n) is 20.1. The van der Waals surface area contributed by atoms with E-state index in [2.05, 4.69) is 15.2 Å². The largest absolute Gasteiger partial charge is 0.466 e. The maximum absolute atomic E-state index is 14.3. The number of anilines is 1. The third-order valence-electron chi connectivity index (χ3n) is 6.37. The normalized spacial score (nSPS) is 14.0. The number of nitrogens with one attached hydrogen (secondary N) is 1. The van der Waals surface area contributed by atoms with Gasteiger partial charge in [-0.05, 0) is 67.6 Å². The fourth-order valence-electron chi connectivity index (χ4n) is 4.35. The first-order chi connectivity index (χ1) is 17.0. The number of piperidine rings is 1. The fraction of sp³-hybridized carbons (Fsp3) is 0.321. The van der Waals surface area contributed by atoms with E-state index < -0.39 is 0 Å². The topological polar surface area (TPSA) is 71.5 Å². The molecule has 1 fully saturated rings. The number of aromatic nitrogens is 1. The van der Waals surface area contributed by atoms with Crippen LogP contribution < -0.4 is 10.2 Å². The number of aryl methyl sites for hydroxylation is 1. The maximum Gasteiger partial charge on any atom is 0.309 e. The van der Waals surface area contributed by atoms with E-state index in [4.69, 9.17) is 4.74 Å². The van der Waals surface area contributed by atoms with E-state index in [0.717, 1.165) is 48.4 Å². The van der Waals surface area contributed by atoms with Crippen LogP contribution in [0.4, 0.5) is 10.2 Å². The third-order valence-corrected chi connectivity index (χ3v) is 6.37. The Labute approximate surface area is 205 Å². The van der Waals surface area contributed by atoms with Gasteiger partial charge in [0.15, 0.2) is 0 Å². The van der Waals surface area contributed by atoms with E-state index >= 15 is 0 Å². The van der Waals surface area contributed by atoms with Crippen molar-refractivity contribution in [1.29, 1.82) is 0 Å². The number of carbonyl (C=O) groups is 2. The predicted octanol–water partition coefficient (Wildman–Crippen LogP) is 4.91. The monoisotopic (exact) mass is 475 g/mol. The van der Waals surface area contributed by atoms with Gasteiger partial charge in [-0.3, -0.25) is 9.59 Å². The molecule has 35 heavy (non-hydrogen) atoms. The van der Waals surface area contributed by atoms with E-state index in [0.29, 0.717) is 24.3 Å². The number of ether oxygens (including phenoxy) is 1. The lowest BCUT2D eigenvalue weighted by atomic mass is 9.97. The summed E-state index contributed by atoms with van der Waals surface area (Å²) in [6.07, 6.45) is 3.03. The SMILES string of the molecule is CCOC(=O)C1CCN(c2ccc(C(=O)NCc3ccc(C)c(-c4ccccc4F)c3)cn2)CC1. The molecule has 2 heterocycles. The molecule has 7 heteroatoms. The molecule has 182 valence electrons. The van der Waals surface area contributed by atoms with Crippen LogP contribution >= 0.6 is 0 Å². The lowest BCUT2D eigenvalue weighted by Gasteiger charge is -2.31. The Hall–Kier alpha value is -3.74. The van der Waals surface area contributed by atoms with Crippen molar-refractivity contribution in [2.24, 2.45) is 5.92 Å². The summed E-state index contributed by atoms with van der Waals surface area (Å²) in [7, 11) is 0. The summed E-state index contributed by atoms with van der Waals surface area (Å²) in [5.41, 5.74) is 3.68. The number of esters is 1. The van der Waals surface area contributed by atoms with Crippen molar-refractivity contribution in [1.82, 2.24) is 10.3 Å². The van der Waals surface area contributed by atoms with Crippen molar-refractivity contribution >= 4 is 17.7 Å². The Balaban J connectivity index is 1.35. The first-order valence-corrected chi connectivity index (χ1v) is 12.0. The van der Waals surface area contributed by atoms with Crippen molar-refractivity contribution in [2.75, 3.05) is 24.6 Å². The summed E-state index contributed by atoms with van der Waals surface area (Å²) in [6, 6.07) is 16.1. The molecule has 0 atom stereocenters. The number of benzene rings is 2. The minimum Gasteiger partial charge on any atom is -0.466 e. The minimum absolute atomic E-state index is 0.0584. The number of rotatable bonds is 7. The van der Waals surface area contributed by atoms with Crippen LogP contribution in [0.3, 0.4) is 0 Å². The summed E-state index contributed by atoms with van der Waals surface area (Å²) in [6.45, 7) is 5.93. The zero-order valence-corrected chi connectivity index (χ0v) is 20.1. The van der Waals surface area contributed by atoms with Crippen molar-refractivity contribution in [2.45, 2.75) is 33.2 Å². The van der Waals surface area contributed by atoms with E-state index in [1.807, 2.05) is 44.2 Å². The number of hydrogen-bond donors (Lipinski definition) is 1. The van der Waals surface area contributed by atoms with Crippen molar-refractivity contribution < 1.29 is 18.7 Å². The van der Waals surface area contributed by atoms with Crippen LogP contribution in [0.15, 0.2) is 60.8 Å². The molecule has 1 aliphatic rings. The molecule has 0 saturated carbocycles. The molecule has 1 aromatic heterocycles. The van der Waals surface area contributed by atoms with Gasteiger partial charge in [-0.15, -0.1) is 0 Å². The minimum atomic E-state index is -0.270. The summed E-state index contributed by atoms with van der Waals surface area (Å²) in [5.74, 6) is 0.113. The highest BCUT2D eigenvalue weighted by atomic mass is 19.1. The molecule has 0 radical (unpaired) electrons. The highest BCUT2D eigenvalue weighted by molar-refractivity contribution is 5.94. The zero-order chi connectivity index (χ0) is 24.8. The molecule has 0 spiro atoms. The number of halogens is 1. The van der Waals surface area contributed by atoms with Crippen molar-refractivity contribution in [3.05, 3.63) is 83.3 Å². The molecular formula is C28H30FN3O3. The van der Waals surface area contributed by atoms with Gasteiger partial charge in [0.05, 0.1) is 18.1 Å². The first-order valence-electron chi connectivity index (χ1n) is 12.0. The first kappa shape index (κ1) is 24.4. The van der Waals surface area contributed by atoms with Crippen LogP contribution in [0.25, 0.3) is 11.1 Å². The molecule has 0 unspecified atom stereocenters. The van der Waals surface area contributed by atoms with Gasteiger partial charge >= 0.3 is 5.97 Å². The number of amides is 1. The van der Waals surface area contributed by atoms with Crippen LogP contribution in [-0.2, 0) is 16.1 Å². The van der Waals surface area contributed by atoms with E-state index in [-0.39, 0.29) is 23.6 Å². The number of nitrogens with zero attached hydrogens (tertiary/aromatic N) is 2. The Morgan fingerprint density at radius 3 is 2.54 bits per heavy atom. The predicted molar refractivity (Wildman–Crippen MR) is 134 cm³/mol. The molecule has 1 aliphatic heterocycles. The summed E-state index contributed by atoms with van der Waals surface area (Å²) in [5, 5.41) is 2.92. The van der Waals surface area contributed by atoms with E-state index in [1.165, 1.54) is 6.07 Å². The van der Waals surface area contributed by atoms with Gasteiger partial charge in [0.25, 0.3) is 5.91 Å². The molecule has 0 bridgehead atoms. The second-order valence-corrected chi connectivity index (χ2v) is 8.73. The van der Waals surface area contributed by atoms with E-state index in [1.54, 1.807) is 24.4 Å². The van der Waals surface area contributed by atoms with Gasteiger partial charge < -0.3 is 15.0 Å². The van der Waals surface area contributed by atoms with Crippen LogP contribution in [-0.4, -0.2) is 36.6 Å². The smallest absolute Gasteiger partial charge is 0.309 e. The maximum atomic E-state index is 14.3. The van der Waals surface area contributed by atoms with Crippen LogP contribution in [0.2, 0.25) is 0 Å². The van der Waals surface area contributed by atoms with E-state index in [9.17, 15) is 14.0 Å². The highest BCUT2D eigenvalue weighted by Gasteiger charge is 2.26. The average Bonchev–Trinajstić information content (AvgIpc) is 2.89. The summed E-state index contributed by atoms with van der Waals surface area (Å²) < 4.78 is 19.4. The van der Waals surface area contributed by atoms with Gasteiger partial charge in [0.2, 0.25) is 0 Å². The number of carbonyl (C=O) groups excluding carboxylic acids is 2. The molecule has 1 N–H and O–H groups in total. The number of hydrogen-bond acceptors (Lipinski definition) is 5. The Kier molecular flexibility index (Phi) is 7.75. The van der Waals surface area contributed by atoms with Crippen molar-refractivity contribution in [3.63, 3.8) is 0 Å². The van der Waals surface area contributed by atoms with Gasteiger partial charge in [-0.25, -0.2) is 9.37 Å². The quantitative estimate of drug-likeness (QED) is 0.492. The Morgan fingerprint density at radius 1 is 1.09 bits per heavy atom. The van der Waals surface area contributed by atoms with Gasteiger partial charge in [0, 0.05) is 31.4 Å². The summed E-state index contributed by atoms with van der Waals surface area (Å²) >= 11 is 0. The molecule has 0 aliphatic carbocycles. The molecule has 1 saturated heterocycles.